The van der Waals surface area contributed by atoms with E-state index in [9.17, 15) is 0 Å². The molecule has 2 heteroatoms. The Morgan fingerprint density at radius 3 is 1.58 bits per heavy atom. The third-order valence-electron chi connectivity index (χ3n) is 3.37. The Labute approximate surface area is 80.4 Å². The SMILES string of the molecule is CCC(CC)(CO[SiH3])C(C)(C)C. The summed E-state index contributed by atoms with van der Waals surface area (Å²) in [5, 5.41) is 0. The molecular weight excluding hydrogens is 164 g/mol. The second kappa shape index (κ2) is 4.42. The minimum Gasteiger partial charge on any atom is -0.427 e. The molecule has 0 saturated carbocycles. The highest BCUT2D eigenvalue weighted by molar-refractivity contribution is 5.97. The Hall–Kier alpha value is 0.177. The molecule has 0 fully saturated rings. The lowest BCUT2D eigenvalue weighted by atomic mass is 9.64. The number of hydrogen-bond donors (Lipinski definition) is 0. The van der Waals surface area contributed by atoms with E-state index in [1.54, 1.807) is 0 Å². The zero-order chi connectivity index (χ0) is 9.83. The van der Waals surface area contributed by atoms with E-state index in [0.717, 1.165) is 17.1 Å². The fourth-order valence-electron chi connectivity index (χ4n) is 2.01. The van der Waals surface area contributed by atoms with Gasteiger partial charge in [0.2, 0.25) is 0 Å². The highest BCUT2D eigenvalue weighted by Crippen LogP contribution is 2.44. The lowest BCUT2D eigenvalue weighted by Crippen LogP contribution is -2.38. The fourth-order valence-corrected chi connectivity index (χ4v) is 2.56. The minimum absolute atomic E-state index is 0.362. The van der Waals surface area contributed by atoms with Crippen molar-refractivity contribution in [2.24, 2.45) is 10.8 Å². The van der Waals surface area contributed by atoms with Gasteiger partial charge in [0.15, 0.2) is 0 Å². The van der Waals surface area contributed by atoms with Crippen molar-refractivity contribution in [2.75, 3.05) is 6.61 Å². The van der Waals surface area contributed by atoms with Crippen LogP contribution in [-0.2, 0) is 4.43 Å². The van der Waals surface area contributed by atoms with Crippen LogP contribution in [0.4, 0.5) is 0 Å². The number of rotatable bonds is 4. The third-order valence-corrected chi connectivity index (χ3v) is 3.65. The summed E-state index contributed by atoms with van der Waals surface area (Å²) in [6, 6.07) is 0. The summed E-state index contributed by atoms with van der Waals surface area (Å²) in [6.45, 7) is 12.4. The van der Waals surface area contributed by atoms with E-state index in [4.69, 9.17) is 4.43 Å². The van der Waals surface area contributed by atoms with Gasteiger partial charge in [-0.05, 0) is 23.7 Å². The molecule has 1 nitrogen and oxygen atoms in total. The molecule has 0 unspecified atom stereocenters. The Morgan fingerprint density at radius 2 is 1.50 bits per heavy atom. The molecule has 0 aromatic heterocycles. The quantitative estimate of drug-likeness (QED) is 0.614. The first-order chi connectivity index (χ1) is 5.43. The van der Waals surface area contributed by atoms with Crippen LogP contribution in [0.15, 0.2) is 0 Å². The van der Waals surface area contributed by atoms with Crippen LogP contribution in [0.3, 0.4) is 0 Å². The van der Waals surface area contributed by atoms with Crippen LogP contribution in [0.5, 0.6) is 0 Å². The molecule has 0 saturated heterocycles. The van der Waals surface area contributed by atoms with Crippen molar-refractivity contribution in [1.29, 1.82) is 0 Å². The van der Waals surface area contributed by atoms with E-state index in [0.29, 0.717) is 10.8 Å². The van der Waals surface area contributed by atoms with Gasteiger partial charge in [0.25, 0.3) is 0 Å². The molecule has 0 aromatic rings. The van der Waals surface area contributed by atoms with Crippen molar-refractivity contribution in [3.8, 4) is 0 Å². The molecular formula is C10H24OSi. The van der Waals surface area contributed by atoms with Gasteiger partial charge in [-0.2, -0.15) is 0 Å². The summed E-state index contributed by atoms with van der Waals surface area (Å²) in [5.41, 5.74) is 0.746. The first kappa shape index (κ1) is 12.2. The molecule has 0 aliphatic rings. The van der Waals surface area contributed by atoms with Crippen molar-refractivity contribution in [1.82, 2.24) is 0 Å². The summed E-state index contributed by atoms with van der Waals surface area (Å²) >= 11 is 0. The molecule has 0 bridgehead atoms. The molecule has 0 heterocycles. The maximum Gasteiger partial charge on any atom is 0.145 e. The standard InChI is InChI=1S/C10H24OSi/c1-6-10(7-2,8-11-12)9(3,4)5/h6-8H2,1-5,12H3. The van der Waals surface area contributed by atoms with Gasteiger partial charge in [0, 0.05) is 6.61 Å². The largest absolute Gasteiger partial charge is 0.427 e. The van der Waals surface area contributed by atoms with Gasteiger partial charge in [-0.1, -0.05) is 34.6 Å². The van der Waals surface area contributed by atoms with Gasteiger partial charge in [-0.25, -0.2) is 0 Å². The average Bonchev–Trinajstić information content (AvgIpc) is 1.98. The Bertz CT molecular complexity index is 122. The van der Waals surface area contributed by atoms with Crippen LogP contribution in [0.2, 0.25) is 0 Å². The molecule has 0 aliphatic carbocycles. The maximum atomic E-state index is 5.45. The first-order valence-corrected chi connectivity index (χ1v) is 5.74. The summed E-state index contributed by atoms with van der Waals surface area (Å²) < 4.78 is 5.45. The third kappa shape index (κ3) is 2.33. The van der Waals surface area contributed by atoms with Crippen molar-refractivity contribution < 1.29 is 4.43 Å². The molecule has 0 aliphatic heterocycles. The van der Waals surface area contributed by atoms with Crippen LogP contribution in [0.25, 0.3) is 0 Å². The van der Waals surface area contributed by atoms with Crippen LogP contribution in [-0.4, -0.2) is 17.1 Å². The van der Waals surface area contributed by atoms with Crippen molar-refractivity contribution in [3.05, 3.63) is 0 Å². The van der Waals surface area contributed by atoms with Crippen molar-refractivity contribution in [3.63, 3.8) is 0 Å². The Balaban J connectivity index is 4.57. The normalized spacial score (nSPS) is 13.8. The predicted molar refractivity (Wildman–Crippen MR) is 58.4 cm³/mol. The molecule has 0 aromatic carbocycles. The molecule has 0 spiro atoms. The first-order valence-electron chi connectivity index (χ1n) is 4.92. The van der Waals surface area contributed by atoms with Gasteiger partial charge in [-0.3, -0.25) is 0 Å². The minimum atomic E-state index is 0.362. The van der Waals surface area contributed by atoms with Crippen LogP contribution in [0, 0.1) is 10.8 Å². The van der Waals surface area contributed by atoms with E-state index in [2.05, 4.69) is 34.6 Å². The molecule has 0 rings (SSSR count). The van der Waals surface area contributed by atoms with E-state index in [1.807, 2.05) is 0 Å². The smallest absolute Gasteiger partial charge is 0.145 e. The van der Waals surface area contributed by atoms with Gasteiger partial charge >= 0.3 is 0 Å². The fraction of sp³-hybridized carbons (Fsp3) is 1.00. The molecule has 74 valence electrons. The van der Waals surface area contributed by atoms with Crippen molar-refractivity contribution >= 4 is 10.5 Å². The zero-order valence-electron chi connectivity index (χ0n) is 9.53. The molecule has 0 atom stereocenters. The predicted octanol–water partition coefficient (Wildman–Crippen LogP) is 2.14. The molecule has 0 N–H and O–H groups in total. The highest BCUT2D eigenvalue weighted by Gasteiger charge is 2.38. The zero-order valence-corrected chi connectivity index (χ0v) is 11.5. The van der Waals surface area contributed by atoms with Gasteiger partial charge in [0.05, 0.1) is 0 Å². The van der Waals surface area contributed by atoms with Crippen LogP contribution >= 0.6 is 0 Å². The summed E-state index contributed by atoms with van der Waals surface area (Å²) in [6.07, 6.45) is 2.44. The van der Waals surface area contributed by atoms with E-state index >= 15 is 0 Å². The summed E-state index contributed by atoms with van der Waals surface area (Å²) in [7, 11) is 0.863. The maximum absolute atomic E-state index is 5.45. The number of hydrogen-bond acceptors (Lipinski definition) is 1. The summed E-state index contributed by atoms with van der Waals surface area (Å²) in [5.74, 6) is 0. The summed E-state index contributed by atoms with van der Waals surface area (Å²) in [4.78, 5) is 0. The lowest BCUT2D eigenvalue weighted by molar-refractivity contribution is 0.0215. The molecule has 0 amide bonds. The second-order valence-corrected chi connectivity index (χ2v) is 5.25. The Kier molecular flexibility index (Phi) is 4.49. The molecule has 0 radical (unpaired) electrons. The second-order valence-electron chi connectivity index (χ2n) is 4.67. The van der Waals surface area contributed by atoms with Crippen LogP contribution < -0.4 is 0 Å². The van der Waals surface area contributed by atoms with Gasteiger partial charge in [0.1, 0.15) is 10.5 Å². The van der Waals surface area contributed by atoms with E-state index in [-0.39, 0.29) is 0 Å². The van der Waals surface area contributed by atoms with E-state index < -0.39 is 0 Å². The van der Waals surface area contributed by atoms with Gasteiger partial charge in [-0.15, -0.1) is 0 Å². The Morgan fingerprint density at radius 1 is 1.08 bits per heavy atom. The highest BCUT2D eigenvalue weighted by atomic mass is 28.2. The molecule has 12 heavy (non-hydrogen) atoms. The lowest BCUT2D eigenvalue weighted by Gasteiger charge is -2.43. The van der Waals surface area contributed by atoms with E-state index in [1.165, 1.54) is 12.8 Å². The van der Waals surface area contributed by atoms with Crippen LogP contribution in [0.1, 0.15) is 47.5 Å². The topological polar surface area (TPSA) is 9.23 Å². The average molecular weight is 188 g/mol. The van der Waals surface area contributed by atoms with Crippen molar-refractivity contribution in [2.45, 2.75) is 47.5 Å². The monoisotopic (exact) mass is 188 g/mol. The van der Waals surface area contributed by atoms with Gasteiger partial charge < -0.3 is 4.43 Å².